The van der Waals surface area contributed by atoms with Crippen LogP contribution >= 0.6 is 0 Å². The molecule has 5 heteroatoms. The number of nitrogens with zero attached hydrogens (tertiary/aromatic N) is 1. The highest BCUT2D eigenvalue weighted by Gasteiger charge is 2.02. The predicted octanol–water partition coefficient (Wildman–Crippen LogP) is 0.185. The number of aromatic nitrogens is 2. The molecule has 2 rings (SSSR count). The monoisotopic (exact) mass is 178 g/mol. The molecule has 5 nitrogen and oxygen atoms in total. The van der Waals surface area contributed by atoms with Crippen LogP contribution in [-0.2, 0) is 0 Å². The van der Waals surface area contributed by atoms with Gasteiger partial charge in [-0.05, 0) is 13.0 Å². The van der Waals surface area contributed by atoms with Gasteiger partial charge in [0.2, 0.25) is 0 Å². The summed E-state index contributed by atoms with van der Waals surface area (Å²) in [4.78, 5) is 28.2. The van der Waals surface area contributed by atoms with Crippen molar-refractivity contribution in [1.82, 2.24) is 9.97 Å². The smallest absolute Gasteiger partial charge is 0.372 e. The summed E-state index contributed by atoms with van der Waals surface area (Å²) in [6.07, 6.45) is 1.43. The van der Waals surface area contributed by atoms with E-state index in [1.165, 1.54) is 6.20 Å². The largest absolute Gasteiger partial charge is 0.419 e. The van der Waals surface area contributed by atoms with Crippen molar-refractivity contribution in [1.29, 1.82) is 0 Å². The Bertz CT molecular complexity index is 567. The molecule has 0 aliphatic carbocycles. The average Bonchev–Trinajstić information content (AvgIpc) is 2.06. The Kier molecular flexibility index (Phi) is 1.51. The first-order valence-electron chi connectivity index (χ1n) is 3.66. The molecule has 2 aromatic heterocycles. The predicted molar refractivity (Wildman–Crippen MR) is 45.6 cm³/mol. The molecule has 0 aliphatic rings. The fraction of sp³-hybridized carbons (Fsp3) is 0.125. The van der Waals surface area contributed by atoms with E-state index in [-0.39, 0.29) is 0 Å². The standard InChI is InChI=1S/C8H6N2O3/c1-4-2-5-6(3-9-4)10-8(12)13-7(5)11/h2-3H,1H3,(H,10,12). The fourth-order valence-corrected chi connectivity index (χ4v) is 1.10. The number of hydrogen-bond acceptors (Lipinski definition) is 4. The molecule has 1 N–H and O–H groups in total. The molecule has 2 aromatic rings. The molecule has 66 valence electrons. The van der Waals surface area contributed by atoms with Gasteiger partial charge < -0.3 is 4.42 Å². The molecule has 0 atom stereocenters. The van der Waals surface area contributed by atoms with Crippen molar-refractivity contribution in [3.63, 3.8) is 0 Å². The van der Waals surface area contributed by atoms with Crippen LogP contribution in [0.15, 0.2) is 26.3 Å². The van der Waals surface area contributed by atoms with E-state index in [0.717, 1.165) is 0 Å². The topological polar surface area (TPSA) is 76.0 Å². The molecule has 13 heavy (non-hydrogen) atoms. The number of fused-ring (bicyclic) bond motifs is 1. The van der Waals surface area contributed by atoms with Gasteiger partial charge in [-0.25, -0.2) is 9.59 Å². The van der Waals surface area contributed by atoms with Crippen LogP contribution in [0, 0.1) is 6.92 Å². The van der Waals surface area contributed by atoms with Crippen LogP contribution in [-0.4, -0.2) is 9.97 Å². The number of hydrogen-bond donors (Lipinski definition) is 1. The number of nitrogens with one attached hydrogen (secondary N) is 1. The minimum absolute atomic E-state index is 0.340. The van der Waals surface area contributed by atoms with Crippen molar-refractivity contribution in [2.24, 2.45) is 0 Å². The lowest BCUT2D eigenvalue weighted by Crippen LogP contribution is -2.14. The molecule has 2 heterocycles. The Morgan fingerprint density at radius 3 is 3.00 bits per heavy atom. The van der Waals surface area contributed by atoms with Gasteiger partial charge in [0.15, 0.2) is 0 Å². The Morgan fingerprint density at radius 2 is 2.23 bits per heavy atom. The lowest BCUT2D eigenvalue weighted by molar-refractivity contribution is 0.460. The number of pyridine rings is 1. The third-order valence-electron chi connectivity index (χ3n) is 1.68. The van der Waals surface area contributed by atoms with Gasteiger partial charge in [0.25, 0.3) is 0 Å². The van der Waals surface area contributed by atoms with Crippen molar-refractivity contribution in [3.05, 3.63) is 38.9 Å². The van der Waals surface area contributed by atoms with Gasteiger partial charge >= 0.3 is 11.4 Å². The molecular formula is C8H6N2O3. The number of aromatic amines is 1. The summed E-state index contributed by atoms with van der Waals surface area (Å²) in [5.74, 6) is -0.761. The zero-order chi connectivity index (χ0) is 9.42. The van der Waals surface area contributed by atoms with E-state index in [1.807, 2.05) is 0 Å². The summed E-state index contributed by atoms with van der Waals surface area (Å²) in [5.41, 5.74) is 0.461. The zero-order valence-electron chi connectivity index (χ0n) is 6.83. The van der Waals surface area contributed by atoms with Gasteiger partial charge in [-0.2, -0.15) is 0 Å². The molecule has 0 unspecified atom stereocenters. The lowest BCUT2D eigenvalue weighted by Gasteiger charge is -1.94. The van der Waals surface area contributed by atoms with Gasteiger partial charge in [-0.1, -0.05) is 0 Å². The maximum absolute atomic E-state index is 11.1. The maximum atomic E-state index is 11.1. The van der Waals surface area contributed by atoms with Gasteiger partial charge in [0.1, 0.15) is 0 Å². The Morgan fingerprint density at radius 1 is 1.46 bits per heavy atom. The molecule has 0 amide bonds. The minimum Gasteiger partial charge on any atom is -0.372 e. The van der Waals surface area contributed by atoms with Crippen molar-refractivity contribution in [3.8, 4) is 0 Å². The minimum atomic E-state index is -0.761. The van der Waals surface area contributed by atoms with Crippen LogP contribution in [0.5, 0.6) is 0 Å². The molecule has 0 saturated carbocycles. The third kappa shape index (κ3) is 1.24. The summed E-state index contributed by atoms with van der Waals surface area (Å²) in [6.45, 7) is 1.75. The molecular weight excluding hydrogens is 172 g/mol. The molecule has 0 aromatic carbocycles. The van der Waals surface area contributed by atoms with Crippen LogP contribution in [0.2, 0.25) is 0 Å². The number of aryl methyl sites for hydroxylation is 1. The summed E-state index contributed by atoms with van der Waals surface area (Å²) in [7, 11) is 0. The SMILES string of the molecule is Cc1cc2c(=O)oc(=O)[nH]c2cn1. The molecule has 0 aliphatic heterocycles. The van der Waals surface area contributed by atoms with E-state index in [0.29, 0.717) is 16.6 Å². The first kappa shape index (κ1) is 7.72. The first-order chi connectivity index (χ1) is 6.16. The van der Waals surface area contributed by atoms with Crippen molar-refractivity contribution in [2.45, 2.75) is 6.92 Å². The van der Waals surface area contributed by atoms with E-state index in [2.05, 4.69) is 14.4 Å². The molecule has 0 fully saturated rings. The Hall–Kier alpha value is -1.91. The molecule has 0 saturated heterocycles. The molecule has 0 spiro atoms. The summed E-state index contributed by atoms with van der Waals surface area (Å²) < 4.78 is 4.35. The molecule has 0 radical (unpaired) electrons. The second kappa shape index (κ2) is 2.55. The summed E-state index contributed by atoms with van der Waals surface area (Å²) in [6, 6.07) is 1.57. The second-order valence-corrected chi connectivity index (χ2v) is 2.67. The molecule has 0 bridgehead atoms. The van der Waals surface area contributed by atoms with Gasteiger partial charge in [0.05, 0.1) is 17.1 Å². The van der Waals surface area contributed by atoms with Gasteiger partial charge in [-0.15, -0.1) is 0 Å². The highest BCUT2D eigenvalue weighted by atomic mass is 16.4. The highest BCUT2D eigenvalue weighted by Crippen LogP contribution is 2.03. The van der Waals surface area contributed by atoms with Crippen molar-refractivity contribution in [2.75, 3.05) is 0 Å². The second-order valence-electron chi connectivity index (χ2n) is 2.67. The van der Waals surface area contributed by atoms with Crippen LogP contribution in [0.25, 0.3) is 10.9 Å². The van der Waals surface area contributed by atoms with Gasteiger partial charge in [-0.3, -0.25) is 9.97 Å². The average molecular weight is 178 g/mol. The van der Waals surface area contributed by atoms with E-state index in [9.17, 15) is 9.59 Å². The van der Waals surface area contributed by atoms with E-state index in [4.69, 9.17) is 0 Å². The number of rotatable bonds is 0. The van der Waals surface area contributed by atoms with Crippen LogP contribution in [0.1, 0.15) is 5.69 Å². The summed E-state index contributed by atoms with van der Waals surface area (Å²) >= 11 is 0. The quantitative estimate of drug-likeness (QED) is 0.624. The Balaban J connectivity index is 3.04. The van der Waals surface area contributed by atoms with Gasteiger partial charge in [0, 0.05) is 5.69 Å². The zero-order valence-corrected chi connectivity index (χ0v) is 6.83. The van der Waals surface area contributed by atoms with Crippen molar-refractivity contribution < 1.29 is 4.42 Å². The third-order valence-corrected chi connectivity index (χ3v) is 1.68. The van der Waals surface area contributed by atoms with E-state index in [1.54, 1.807) is 13.0 Å². The highest BCUT2D eigenvalue weighted by molar-refractivity contribution is 5.75. The van der Waals surface area contributed by atoms with Crippen LogP contribution in [0.4, 0.5) is 0 Å². The van der Waals surface area contributed by atoms with Crippen LogP contribution < -0.4 is 11.4 Å². The normalized spacial score (nSPS) is 10.5. The maximum Gasteiger partial charge on any atom is 0.419 e. The number of H-pyrrole nitrogens is 1. The summed E-state index contributed by atoms with van der Waals surface area (Å²) in [5, 5.41) is 0.340. The first-order valence-corrected chi connectivity index (χ1v) is 3.66. The van der Waals surface area contributed by atoms with Crippen molar-refractivity contribution >= 4 is 10.9 Å². The van der Waals surface area contributed by atoms with E-state index < -0.39 is 11.4 Å². The fourth-order valence-electron chi connectivity index (χ4n) is 1.10. The Labute approximate surface area is 72.0 Å². The lowest BCUT2D eigenvalue weighted by atomic mass is 10.3. The van der Waals surface area contributed by atoms with E-state index >= 15 is 0 Å². The van der Waals surface area contributed by atoms with Crippen LogP contribution in [0.3, 0.4) is 0 Å².